The maximum Gasteiger partial charge on any atom is 0.143 e. The summed E-state index contributed by atoms with van der Waals surface area (Å²) in [5.74, 6) is 8.08. The summed E-state index contributed by atoms with van der Waals surface area (Å²) in [6.07, 6.45) is 0.904. The van der Waals surface area contributed by atoms with Crippen molar-refractivity contribution in [1.82, 2.24) is 9.97 Å². The number of hydrazine groups is 1. The first-order chi connectivity index (χ1) is 10.1. The minimum absolute atomic E-state index is 0.537. The number of nitrogens with one attached hydrogen (secondary N) is 1. The smallest absolute Gasteiger partial charge is 0.143 e. The molecule has 21 heavy (non-hydrogen) atoms. The van der Waals surface area contributed by atoms with Crippen LogP contribution in [0.1, 0.15) is 25.4 Å². The molecular formula is C15H19ClN4S. The van der Waals surface area contributed by atoms with Crippen LogP contribution in [-0.2, 0) is 12.2 Å². The highest BCUT2D eigenvalue weighted by Crippen LogP contribution is 2.28. The molecule has 0 aliphatic rings. The summed E-state index contributed by atoms with van der Waals surface area (Å²) in [5.41, 5.74) is 3.61. The van der Waals surface area contributed by atoms with E-state index in [1.54, 1.807) is 11.8 Å². The molecule has 1 aromatic carbocycles. The van der Waals surface area contributed by atoms with Gasteiger partial charge in [-0.05, 0) is 24.5 Å². The Morgan fingerprint density at radius 2 is 2.05 bits per heavy atom. The summed E-state index contributed by atoms with van der Waals surface area (Å²) in [5, 5.41) is 0.748. The minimum Gasteiger partial charge on any atom is -0.308 e. The van der Waals surface area contributed by atoms with Gasteiger partial charge in [-0.3, -0.25) is 0 Å². The molecule has 0 aliphatic carbocycles. The normalized spacial score (nSPS) is 10.9. The Kier molecular flexibility index (Phi) is 5.85. The number of halogens is 1. The predicted molar refractivity (Wildman–Crippen MR) is 89.4 cm³/mol. The largest absolute Gasteiger partial charge is 0.308 e. The molecule has 2 rings (SSSR count). The molecule has 3 N–H and O–H groups in total. The van der Waals surface area contributed by atoms with Gasteiger partial charge in [0.15, 0.2) is 0 Å². The van der Waals surface area contributed by atoms with E-state index in [4.69, 9.17) is 17.4 Å². The molecule has 0 atom stereocenters. The van der Waals surface area contributed by atoms with Crippen LogP contribution in [0.3, 0.4) is 0 Å². The molecule has 0 bridgehead atoms. The van der Waals surface area contributed by atoms with Gasteiger partial charge in [-0.25, -0.2) is 15.8 Å². The topological polar surface area (TPSA) is 63.8 Å². The van der Waals surface area contributed by atoms with E-state index in [-0.39, 0.29) is 0 Å². The zero-order valence-corrected chi connectivity index (χ0v) is 13.7. The van der Waals surface area contributed by atoms with Crippen LogP contribution in [0.5, 0.6) is 0 Å². The lowest BCUT2D eigenvalue weighted by Gasteiger charge is -2.09. The zero-order valence-electron chi connectivity index (χ0n) is 12.1. The first-order valence-corrected chi connectivity index (χ1v) is 8.15. The van der Waals surface area contributed by atoms with Gasteiger partial charge in [0.25, 0.3) is 0 Å². The van der Waals surface area contributed by atoms with E-state index < -0.39 is 0 Å². The number of thioether (sulfide) groups is 1. The highest BCUT2D eigenvalue weighted by Gasteiger charge is 2.08. The standard InChI is InChI=1S/C15H19ClN4S/c1-10(2)7-11-8-14(20-17)19-15(18-11)9-21-13-6-4-3-5-12(13)16/h3-6,8,10H,7,9,17H2,1-2H3,(H,18,19,20). The van der Waals surface area contributed by atoms with Crippen LogP contribution in [0.25, 0.3) is 0 Å². The van der Waals surface area contributed by atoms with Gasteiger partial charge < -0.3 is 5.43 Å². The highest BCUT2D eigenvalue weighted by atomic mass is 35.5. The molecule has 112 valence electrons. The molecule has 4 nitrogen and oxygen atoms in total. The molecule has 0 saturated heterocycles. The summed E-state index contributed by atoms with van der Waals surface area (Å²) in [7, 11) is 0. The monoisotopic (exact) mass is 322 g/mol. The lowest BCUT2D eigenvalue weighted by Crippen LogP contribution is -2.12. The van der Waals surface area contributed by atoms with Gasteiger partial charge in [0.05, 0.1) is 10.8 Å². The number of nitrogens with zero attached hydrogens (tertiary/aromatic N) is 2. The molecule has 6 heteroatoms. The first-order valence-electron chi connectivity index (χ1n) is 6.79. The van der Waals surface area contributed by atoms with Crippen molar-refractivity contribution < 1.29 is 0 Å². The highest BCUT2D eigenvalue weighted by molar-refractivity contribution is 7.98. The van der Waals surface area contributed by atoms with E-state index in [0.29, 0.717) is 17.5 Å². The molecule has 2 aromatic rings. The summed E-state index contributed by atoms with van der Waals surface area (Å²) in [6.45, 7) is 4.33. The van der Waals surface area contributed by atoms with Crippen LogP contribution in [0.15, 0.2) is 35.2 Å². The van der Waals surface area contributed by atoms with Crippen LogP contribution < -0.4 is 11.3 Å². The molecule has 0 spiro atoms. The molecular weight excluding hydrogens is 304 g/mol. The number of anilines is 1. The molecule has 1 aromatic heterocycles. The van der Waals surface area contributed by atoms with Gasteiger partial charge in [-0.15, -0.1) is 11.8 Å². The maximum atomic E-state index is 6.16. The van der Waals surface area contributed by atoms with Crippen LogP contribution >= 0.6 is 23.4 Å². The number of benzene rings is 1. The summed E-state index contributed by atoms with van der Waals surface area (Å²) < 4.78 is 0. The minimum atomic E-state index is 0.537. The van der Waals surface area contributed by atoms with Crippen molar-refractivity contribution in [3.05, 3.63) is 46.9 Å². The van der Waals surface area contributed by atoms with Gasteiger partial charge >= 0.3 is 0 Å². The molecule has 0 unspecified atom stereocenters. The van der Waals surface area contributed by atoms with Crippen molar-refractivity contribution in [2.24, 2.45) is 11.8 Å². The van der Waals surface area contributed by atoms with Crippen molar-refractivity contribution in [2.45, 2.75) is 30.9 Å². The Morgan fingerprint density at radius 3 is 2.71 bits per heavy atom. The Hall–Kier alpha value is -1.30. The second-order valence-corrected chi connectivity index (χ2v) is 6.55. The van der Waals surface area contributed by atoms with Gasteiger partial charge in [0.1, 0.15) is 11.6 Å². The van der Waals surface area contributed by atoms with E-state index >= 15 is 0 Å². The zero-order chi connectivity index (χ0) is 15.2. The summed E-state index contributed by atoms with van der Waals surface area (Å²) >= 11 is 7.78. The third-order valence-electron chi connectivity index (χ3n) is 2.78. The Bertz CT molecular complexity index is 604. The van der Waals surface area contributed by atoms with Gasteiger partial charge in [0, 0.05) is 16.7 Å². The van der Waals surface area contributed by atoms with Gasteiger partial charge in [0.2, 0.25) is 0 Å². The molecule has 0 amide bonds. The number of aromatic nitrogens is 2. The third-order valence-corrected chi connectivity index (χ3v) is 4.30. The van der Waals surface area contributed by atoms with Gasteiger partial charge in [-0.2, -0.15) is 0 Å². The third kappa shape index (κ3) is 4.88. The number of rotatable bonds is 6. The quantitative estimate of drug-likeness (QED) is 0.479. The van der Waals surface area contributed by atoms with Crippen molar-refractivity contribution in [3.63, 3.8) is 0 Å². The molecule has 0 aliphatic heterocycles. The molecule has 0 fully saturated rings. The number of hydrogen-bond donors (Lipinski definition) is 2. The molecule has 1 heterocycles. The average Bonchev–Trinajstić information content (AvgIpc) is 2.45. The lowest BCUT2D eigenvalue weighted by atomic mass is 10.1. The summed E-state index contributed by atoms with van der Waals surface area (Å²) in [6, 6.07) is 9.66. The fourth-order valence-electron chi connectivity index (χ4n) is 1.92. The fraction of sp³-hybridized carbons (Fsp3) is 0.333. The van der Waals surface area contributed by atoms with Gasteiger partial charge in [-0.1, -0.05) is 37.6 Å². The number of hydrogen-bond acceptors (Lipinski definition) is 5. The van der Waals surface area contributed by atoms with Crippen molar-refractivity contribution in [1.29, 1.82) is 0 Å². The van der Waals surface area contributed by atoms with Crippen molar-refractivity contribution in [2.75, 3.05) is 5.43 Å². The van der Waals surface area contributed by atoms with Crippen molar-refractivity contribution in [3.8, 4) is 0 Å². The Labute approximate surface area is 134 Å². The second kappa shape index (κ2) is 7.64. The number of nitrogens with two attached hydrogens (primary N) is 1. The first kappa shape index (κ1) is 16.1. The maximum absolute atomic E-state index is 6.16. The summed E-state index contributed by atoms with van der Waals surface area (Å²) in [4.78, 5) is 10.0. The second-order valence-electron chi connectivity index (χ2n) is 5.12. The van der Waals surface area contributed by atoms with E-state index in [0.717, 1.165) is 27.9 Å². The fourth-order valence-corrected chi connectivity index (χ4v) is 3.01. The van der Waals surface area contributed by atoms with E-state index in [9.17, 15) is 0 Å². The van der Waals surface area contributed by atoms with Crippen LogP contribution in [0, 0.1) is 5.92 Å². The Morgan fingerprint density at radius 1 is 1.29 bits per heavy atom. The molecule has 0 saturated carbocycles. The van der Waals surface area contributed by atoms with E-state index in [1.807, 2.05) is 30.3 Å². The molecule has 0 radical (unpaired) electrons. The Balaban J connectivity index is 2.13. The van der Waals surface area contributed by atoms with Crippen LogP contribution in [-0.4, -0.2) is 9.97 Å². The SMILES string of the molecule is CC(C)Cc1cc(NN)nc(CSc2ccccc2Cl)n1. The van der Waals surface area contributed by atoms with E-state index in [1.165, 1.54) is 0 Å². The number of nitrogen functional groups attached to an aromatic ring is 1. The van der Waals surface area contributed by atoms with Crippen molar-refractivity contribution >= 4 is 29.2 Å². The lowest BCUT2D eigenvalue weighted by molar-refractivity contribution is 0.632. The van der Waals surface area contributed by atoms with Crippen LogP contribution in [0.4, 0.5) is 5.82 Å². The predicted octanol–water partition coefficient (Wildman–Crippen LogP) is 3.91. The van der Waals surface area contributed by atoms with E-state index in [2.05, 4.69) is 29.2 Å². The average molecular weight is 323 g/mol. The van der Waals surface area contributed by atoms with Crippen LogP contribution in [0.2, 0.25) is 5.02 Å².